The number of carbonyl (C=O) groups excluding carboxylic acids is 1. The Labute approximate surface area is 167 Å². The predicted octanol–water partition coefficient (Wildman–Crippen LogP) is 5.09. The normalized spacial score (nSPS) is 14.9. The minimum atomic E-state index is -0.134. The summed E-state index contributed by atoms with van der Waals surface area (Å²) in [5.74, 6) is 0. The van der Waals surface area contributed by atoms with Crippen LogP contribution in [-0.4, -0.2) is 42.1 Å². The van der Waals surface area contributed by atoms with Crippen LogP contribution in [0.1, 0.15) is 12.0 Å². The molecule has 26 heavy (non-hydrogen) atoms. The summed E-state index contributed by atoms with van der Waals surface area (Å²) in [6, 6.07) is 7.12. The fraction of sp³-hybridized carbons (Fsp3) is 0.333. The van der Waals surface area contributed by atoms with Crippen molar-refractivity contribution in [2.45, 2.75) is 13.3 Å². The van der Waals surface area contributed by atoms with Crippen LogP contribution in [0.5, 0.6) is 0 Å². The fourth-order valence-corrected chi connectivity index (χ4v) is 3.44. The van der Waals surface area contributed by atoms with Gasteiger partial charge in [0.1, 0.15) is 5.15 Å². The van der Waals surface area contributed by atoms with E-state index in [4.69, 9.17) is 34.8 Å². The molecule has 1 fully saturated rings. The van der Waals surface area contributed by atoms with E-state index >= 15 is 0 Å². The summed E-state index contributed by atoms with van der Waals surface area (Å²) in [5.41, 5.74) is 2.51. The van der Waals surface area contributed by atoms with E-state index < -0.39 is 0 Å². The van der Waals surface area contributed by atoms with Crippen molar-refractivity contribution in [1.29, 1.82) is 0 Å². The largest absolute Gasteiger partial charge is 0.368 e. The Morgan fingerprint density at radius 2 is 1.88 bits per heavy atom. The van der Waals surface area contributed by atoms with Gasteiger partial charge >= 0.3 is 6.03 Å². The van der Waals surface area contributed by atoms with Crippen LogP contribution >= 0.6 is 34.8 Å². The number of hydrogen-bond donors (Lipinski definition) is 1. The summed E-state index contributed by atoms with van der Waals surface area (Å²) < 4.78 is 0. The number of nitrogens with one attached hydrogen (secondary N) is 1. The number of benzene rings is 1. The zero-order valence-corrected chi connectivity index (χ0v) is 16.6. The smallest absolute Gasteiger partial charge is 0.321 e. The Morgan fingerprint density at radius 3 is 2.65 bits per heavy atom. The second kappa shape index (κ2) is 8.33. The van der Waals surface area contributed by atoms with Gasteiger partial charge in [-0.1, -0.05) is 40.9 Å². The summed E-state index contributed by atoms with van der Waals surface area (Å²) in [4.78, 5) is 20.5. The van der Waals surface area contributed by atoms with Crippen molar-refractivity contribution in [3.8, 4) is 0 Å². The third kappa shape index (κ3) is 4.53. The van der Waals surface area contributed by atoms with E-state index in [0.29, 0.717) is 40.5 Å². The number of anilines is 2. The van der Waals surface area contributed by atoms with E-state index in [1.807, 2.05) is 19.1 Å². The van der Waals surface area contributed by atoms with Crippen LogP contribution in [0.2, 0.25) is 15.2 Å². The Morgan fingerprint density at radius 1 is 1.08 bits per heavy atom. The molecule has 3 rings (SSSR count). The first-order valence-electron chi connectivity index (χ1n) is 8.32. The van der Waals surface area contributed by atoms with E-state index in [0.717, 1.165) is 24.2 Å². The van der Waals surface area contributed by atoms with Gasteiger partial charge in [0, 0.05) is 49.2 Å². The molecule has 5 nitrogen and oxygen atoms in total. The van der Waals surface area contributed by atoms with Crippen molar-refractivity contribution < 1.29 is 4.79 Å². The van der Waals surface area contributed by atoms with Crippen molar-refractivity contribution in [2.75, 3.05) is 36.4 Å². The number of aromatic nitrogens is 1. The van der Waals surface area contributed by atoms with Gasteiger partial charge in [0.05, 0.1) is 10.7 Å². The predicted molar refractivity (Wildman–Crippen MR) is 108 cm³/mol. The highest BCUT2D eigenvalue weighted by atomic mass is 35.5. The summed E-state index contributed by atoms with van der Waals surface area (Å²) in [5, 5.41) is 4.50. The van der Waals surface area contributed by atoms with Crippen molar-refractivity contribution in [1.82, 2.24) is 9.88 Å². The highest BCUT2D eigenvalue weighted by molar-refractivity contribution is 6.34. The van der Waals surface area contributed by atoms with Crippen LogP contribution in [0.3, 0.4) is 0 Å². The minimum absolute atomic E-state index is 0.134. The topological polar surface area (TPSA) is 48.5 Å². The van der Waals surface area contributed by atoms with Crippen molar-refractivity contribution >= 4 is 52.2 Å². The van der Waals surface area contributed by atoms with Gasteiger partial charge < -0.3 is 15.1 Å². The third-order valence-electron chi connectivity index (χ3n) is 4.35. The maximum absolute atomic E-state index is 12.6. The monoisotopic (exact) mass is 412 g/mol. The van der Waals surface area contributed by atoms with Gasteiger partial charge in [0.2, 0.25) is 0 Å². The molecule has 2 aromatic rings. The lowest BCUT2D eigenvalue weighted by atomic mass is 10.2. The number of aryl methyl sites for hydroxylation is 1. The summed E-state index contributed by atoms with van der Waals surface area (Å²) >= 11 is 18.4. The lowest BCUT2D eigenvalue weighted by Crippen LogP contribution is -2.38. The number of halogens is 3. The van der Waals surface area contributed by atoms with Gasteiger partial charge in [-0.15, -0.1) is 0 Å². The molecule has 1 saturated heterocycles. The molecule has 0 aliphatic carbocycles. The lowest BCUT2D eigenvalue weighted by Gasteiger charge is -2.24. The van der Waals surface area contributed by atoms with Crippen LogP contribution in [0.15, 0.2) is 30.5 Å². The van der Waals surface area contributed by atoms with Crippen LogP contribution in [-0.2, 0) is 0 Å². The molecular weight excluding hydrogens is 395 g/mol. The molecule has 2 amide bonds. The van der Waals surface area contributed by atoms with Crippen LogP contribution in [0, 0.1) is 6.92 Å². The van der Waals surface area contributed by atoms with Gasteiger partial charge in [0.25, 0.3) is 0 Å². The lowest BCUT2D eigenvalue weighted by molar-refractivity contribution is 0.215. The van der Waals surface area contributed by atoms with E-state index in [-0.39, 0.29) is 6.03 Å². The van der Waals surface area contributed by atoms with Gasteiger partial charge in [-0.05, 0) is 31.0 Å². The van der Waals surface area contributed by atoms with E-state index in [1.54, 1.807) is 23.2 Å². The number of nitrogens with zero attached hydrogens (tertiary/aromatic N) is 3. The average Bonchev–Trinajstić information content (AvgIpc) is 2.86. The molecule has 0 radical (unpaired) electrons. The molecule has 0 atom stereocenters. The van der Waals surface area contributed by atoms with Crippen LogP contribution in [0.4, 0.5) is 16.2 Å². The molecule has 0 saturated carbocycles. The van der Waals surface area contributed by atoms with E-state index in [9.17, 15) is 4.79 Å². The van der Waals surface area contributed by atoms with Crippen LogP contribution in [0.25, 0.3) is 0 Å². The Bertz CT molecular complexity index is 815. The van der Waals surface area contributed by atoms with Gasteiger partial charge in [-0.25, -0.2) is 9.78 Å². The molecule has 8 heteroatoms. The van der Waals surface area contributed by atoms with Gasteiger partial charge in [-0.2, -0.15) is 0 Å². The van der Waals surface area contributed by atoms with Crippen molar-refractivity contribution in [2.24, 2.45) is 0 Å². The molecule has 1 N–H and O–H groups in total. The second-order valence-corrected chi connectivity index (χ2v) is 7.38. The Kier molecular flexibility index (Phi) is 6.12. The summed E-state index contributed by atoms with van der Waals surface area (Å²) in [6.07, 6.45) is 2.38. The molecule has 0 unspecified atom stereocenters. The van der Waals surface area contributed by atoms with Crippen molar-refractivity contribution in [3.05, 3.63) is 51.2 Å². The van der Waals surface area contributed by atoms with Crippen molar-refractivity contribution in [3.63, 3.8) is 0 Å². The molecule has 1 aliphatic rings. The molecule has 2 heterocycles. The van der Waals surface area contributed by atoms with Gasteiger partial charge in [0.15, 0.2) is 0 Å². The van der Waals surface area contributed by atoms with E-state index in [2.05, 4.69) is 15.2 Å². The number of rotatable bonds is 2. The van der Waals surface area contributed by atoms with Gasteiger partial charge in [-0.3, -0.25) is 0 Å². The number of amides is 2. The zero-order chi connectivity index (χ0) is 18.7. The zero-order valence-electron chi connectivity index (χ0n) is 14.3. The fourth-order valence-electron chi connectivity index (χ4n) is 2.88. The molecule has 0 spiro atoms. The molecule has 138 valence electrons. The molecule has 1 aliphatic heterocycles. The number of pyridine rings is 1. The minimum Gasteiger partial charge on any atom is -0.368 e. The first-order chi connectivity index (χ1) is 12.4. The molecule has 1 aromatic heterocycles. The highest BCUT2D eigenvalue weighted by Crippen LogP contribution is 2.28. The number of hydrogen-bond acceptors (Lipinski definition) is 3. The summed E-state index contributed by atoms with van der Waals surface area (Å²) in [6.45, 7) is 4.64. The maximum Gasteiger partial charge on any atom is 0.321 e. The average molecular weight is 414 g/mol. The Balaban J connectivity index is 1.65. The third-order valence-corrected chi connectivity index (χ3v) is 5.25. The number of urea groups is 1. The standard InChI is InChI=1S/C18H19Cl3N4O/c1-12-3-4-13(9-14(12)19)23-18(26)25-6-2-5-24(7-8-25)16-10-17(21)22-11-15(16)20/h3-4,9-11H,2,5-8H2,1H3,(H,23,26). The highest BCUT2D eigenvalue weighted by Gasteiger charge is 2.21. The maximum atomic E-state index is 12.6. The first-order valence-corrected chi connectivity index (χ1v) is 9.45. The molecule has 1 aromatic carbocycles. The number of carbonyl (C=O) groups is 1. The SMILES string of the molecule is Cc1ccc(NC(=O)N2CCCN(c3cc(Cl)ncc3Cl)CC2)cc1Cl. The molecule has 0 bridgehead atoms. The van der Waals surface area contributed by atoms with Crippen LogP contribution < -0.4 is 10.2 Å². The first kappa shape index (κ1) is 19.1. The molecular formula is C18H19Cl3N4O. The Hall–Kier alpha value is -1.69. The second-order valence-electron chi connectivity index (χ2n) is 6.18. The van der Waals surface area contributed by atoms with E-state index in [1.165, 1.54) is 0 Å². The summed E-state index contributed by atoms with van der Waals surface area (Å²) in [7, 11) is 0. The quantitative estimate of drug-likeness (QED) is 0.697.